The first kappa shape index (κ1) is 39.0. The van der Waals surface area contributed by atoms with Gasteiger partial charge in [0.2, 0.25) is 5.91 Å². The number of nitrogens with one attached hydrogen (secondary N) is 2. The number of aliphatic hydroxyl groups excluding tert-OH is 4. The van der Waals surface area contributed by atoms with Gasteiger partial charge in [0.25, 0.3) is 0 Å². The lowest BCUT2D eigenvalue weighted by molar-refractivity contribution is -0.285. The van der Waals surface area contributed by atoms with Crippen LogP contribution in [-0.4, -0.2) is 214 Å². The summed E-state index contributed by atoms with van der Waals surface area (Å²) in [7, 11) is 0. The van der Waals surface area contributed by atoms with Gasteiger partial charge in [-0.05, 0) is 6.42 Å². The van der Waals surface area contributed by atoms with Crippen molar-refractivity contribution in [1.29, 1.82) is 0 Å². The molecule has 2 saturated heterocycles. The van der Waals surface area contributed by atoms with Gasteiger partial charge in [-0.1, -0.05) is 0 Å². The highest BCUT2D eigenvalue weighted by atomic mass is 16.7. The van der Waals surface area contributed by atoms with Gasteiger partial charge in [-0.3, -0.25) is 38.8 Å². The van der Waals surface area contributed by atoms with Crippen LogP contribution in [0.25, 0.3) is 0 Å². The van der Waals surface area contributed by atoms with E-state index in [0.29, 0.717) is 0 Å². The van der Waals surface area contributed by atoms with Crippen LogP contribution in [0.1, 0.15) is 6.42 Å². The number of nitrogens with zero attached hydrogens (tertiary/aromatic N) is 4. The number of carbonyl (C=O) groups excluding carboxylic acids is 2. The Morgan fingerprint density at radius 1 is 0.652 bits per heavy atom. The van der Waals surface area contributed by atoms with E-state index < -0.39 is 61.3 Å². The van der Waals surface area contributed by atoms with E-state index in [-0.39, 0.29) is 104 Å². The van der Waals surface area contributed by atoms with E-state index in [2.05, 4.69) is 10.6 Å². The predicted octanol–water partition coefficient (Wildman–Crippen LogP) is -5.51. The first-order chi connectivity index (χ1) is 21.8. The van der Waals surface area contributed by atoms with Crippen molar-refractivity contribution in [3.8, 4) is 0 Å². The van der Waals surface area contributed by atoms with Crippen LogP contribution < -0.4 is 10.6 Å². The lowest BCUT2D eigenvalue weighted by atomic mass is 9.99. The van der Waals surface area contributed by atoms with Crippen molar-refractivity contribution in [3.63, 3.8) is 0 Å². The molecule has 9 N–H and O–H groups in total. The zero-order valence-corrected chi connectivity index (χ0v) is 25.5. The second-order valence-electron chi connectivity index (χ2n) is 11.0. The molecule has 2 fully saturated rings. The van der Waals surface area contributed by atoms with Crippen LogP contribution in [0.2, 0.25) is 0 Å². The molecule has 20 nitrogen and oxygen atoms in total. The molecule has 0 bridgehead atoms. The molecular formula is C26H46N6O14. The van der Waals surface area contributed by atoms with Crippen LogP contribution in [0.5, 0.6) is 0 Å². The van der Waals surface area contributed by atoms with E-state index in [1.54, 1.807) is 19.6 Å². The topological polar surface area (TPSA) is 282 Å². The maximum Gasteiger partial charge on any atom is 0.407 e. The number of alkyl carbamates (subject to hydrolysis) is 1. The van der Waals surface area contributed by atoms with Crippen LogP contribution in [0.4, 0.5) is 4.79 Å². The van der Waals surface area contributed by atoms with Gasteiger partial charge in [0.1, 0.15) is 18.3 Å². The van der Waals surface area contributed by atoms with Gasteiger partial charge in [0.05, 0.1) is 32.8 Å². The molecule has 20 heteroatoms. The molecule has 2 aliphatic heterocycles. The number of carboxylic acid groups (broad SMARTS) is 3. The average molecular weight is 667 g/mol. The van der Waals surface area contributed by atoms with Gasteiger partial charge in [-0.2, -0.15) is 0 Å². The van der Waals surface area contributed by atoms with Gasteiger partial charge in [0.15, 0.2) is 12.4 Å². The van der Waals surface area contributed by atoms with Crippen molar-refractivity contribution < 1.29 is 69.2 Å². The Hall–Kier alpha value is -3.21. The molecule has 2 amide bonds. The Morgan fingerprint density at radius 3 is 1.48 bits per heavy atom. The number of carbonyl (C=O) groups is 5. The number of hydrogen-bond donors (Lipinski definition) is 9. The number of carboxylic acids is 3. The quantitative estimate of drug-likeness (QED) is 0.0782. The summed E-state index contributed by atoms with van der Waals surface area (Å²) in [5.41, 5.74) is 0. The van der Waals surface area contributed by atoms with Crippen LogP contribution in [0.3, 0.4) is 0 Å². The second kappa shape index (κ2) is 20.1. The number of aliphatic carboxylic acids is 3. The average Bonchev–Trinajstić information content (AvgIpc) is 2.97. The Balaban J connectivity index is 1.86. The van der Waals surface area contributed by atoms with E-state index >= 15 is 0 Å². The van der Waals surface area contributed by atoms with Gasteiger partial charge in [0, 0.05) is 65.4 Å². The second-order valence-corrected chi connectivity index (χ2v) is 11.0. The lowest BCUT2D eigenvalue weighted by Gasteiger charge is -2.39. The highest BCUT2D eigenvalue weighted by Gasteiger charge is 2.45. The molecule has 46 heavy (non-hydrogen) atoms. The van der Waals surface area contributed by atoms with Gasteiger partial charge >= 0.3 is 24.0 Å². The van der Waals surface area contributed by atoms with Crippen molar-refractivity contribution in [2.45, 2.75) is 37.1 Å². The first-order valence-corrected chi connectivity index (χ1v) is 14.9. The molecule has 0 spiro atoms. The van der Waals surface area contributed by atoms with Crippen molar-refractivity contribution in [1.82, 2.24) is 30.2 Å². The molecule has 0 aliphatic carbocycles. The molecule has 264 valence electrons. The fraction of sp³-hybridized carbons (Fsp3) is 0.808. The van der Waals surface area contributed by atoms with E-state index in [0.717, 1.165) is 0 Å². The number of hydrogen-bond acceptors (Lipinski definition) is 15. The number of rotatable bonds is 14. The van der Waals surface area contributed by atoms with Crippen LogP contribution >= 0.6 is 0 Å². The number of aliphatic hydroxyl groups is 4. The summed E-state index contributed by atoms with van der Waals surface area (Å²) in [6, 6.07) is 0. The number of ether oxygens (including phenoxy) is 2. The summed E-state index contributed by atoms with van der Waals surface area (Å²) in [6.07, 6.45) is -8.65. The minimum absolute atomic E-state index is 0.0393. The minimum Gasteiger partial charge on any atom is -0.480 e. The van der Waals surface area contributed by atoms with E-state index in [9.17, 15) is 54.6 Å². The maximum absolute atomic E-state index is 12.7. The summed E-state index contributed by atoms with van der Waals surface area (Å²) in [6.45, 7) is 0.717. The van der Waals surface area contributed by atoms with Crippen molar-refractivity contribution >= 4 is 29.9 Å². The highest BCUT2D eigenvalue weighted by Crippen LogP contribution is 2.22. The standard InChI is InChI=1S/C26H46N6O14/c33-16-17-22(41)23(42)24(25(43)45-17)46-26(44)28-3-1-2-27-18(34)12-29-4-6-30(13-19(35)36)8-10-32(15-21(39)40)11-9-31(7-5-29)14-20(37)38/h17,22-25,33,41-43H,1-16H2,(H,27,34)(H,28,44)(H,35,36)(H,37,38)(H,39,40)/t17-,22-,23+,24-,25-/m1/s1. The largest absolute Gasteiger partial charge is 0.480 e. The fourth-order valence-electron chi connectivity index (χ4n) is 4.91. The summed E-state index contributed by atoms with van der Waals surface area (Å²) in [5.74, 6) is -3.53. The summed E-state index contributed by atoms with van der Waals surface area (Å²) in [4.78, 5) is 65.6. The summed E-state index contributed by atoms with van der Waals surface area (Å²) < 4.78 is 9.86. The van der Waals surface area contributed by atoms with Crippen LogP contribution in [-0.2, 0) is 28.7 Å². The fourth-order valence-corrected chi connectivity index (χ4v) is 4.91. The molecule has 0 saturated carbocycles. The summed E-state index contributed by atoms with van der Waals surface area (Å²) in [5, 5.41) is 72.0. The van der Waals surface area contributed by atoms with E-state index in [4.69, 9.17) is 14.6 Å². The summed E-state index contributed by atoms with van der Waals surface area (Å²) >= 11 is 0. The molecule has 2 aliphatic rings. The minimum atomic E-state index is -1.77. The van der Waals surface area contributed by atoms with Gasteiger partial charge in [-0.15, -0.1) is 0 Å². The molecule has 0 aromatic rings. The molecule has 0 radical (unpaired) electrons. The molecule has 0 unspecified atom stereocenters. The van der Waals surface area contributed by atoms with Crippen molar-refractivity contribution in [2.24, 2.45) is 0 Å². The third-order valence-corrected chi connectivity index (χ3v) is 7.40. The molecular weight excluding hydrogens is 620 g/mol. The van der Waals surface area contributed by atoms with Crippen LogP contribution in [0.15, 0.2) is 0 Å². The maximum atomic E-state index is 12.7. The van der Waals surface area contributed by atoms with Crippen molar-refractivity contribution in [3.05, 3.63) is 0 Å². The zero-order valence-electron chi connectivity index (χ0n) is 25.5. The molecule has 0 aromatic carbocycles. The zero-order chi connectivity index (χ0) is 34.2. The van der Waals surface area contributed by atoms with Gasteiger partial charge < -0.3 is 55.9 Å². The van der Waals surface area contributed by atoms with Crippen LogP contribution in [0, 0.1) is 0 Å². The third-order valence-electron chi connectivity index (χ3n) is 7.40. The SMILES string of the molecule is O=C(O)CN1CCN(CC(=O)O)CCN(CC(=O)NCCCNC(=O)O[C@@H]2[C@@H](O)[C@H](O)[C@@H](CO)O[C@H]2O)CCN(CC(=O)O)CC1. The monoisotopic (exact) mass is 666 g/mol. The lowest BCUT2D eigenvalue weighted by Crippen LogP contribution is -2.60. The molecule has 2 rings (SSSR count). The third kappa shape index (κ3) is 14.5. The Bertz CT molecular complexity index is 976. The van der Waals surface area contributed by atoms with Crippen molar-refractivity contribution in [2.75, 3.05) is 98.2 Å². The van der Waals surface area contributed by atoms with E-state index in [1.165, 1.54) is 0 Å². The smallest absolute Gasteiger partial charge is 0.407 e. The Morgan fingerprint density at radius 2 is 1.07 bits per heavy atom. The first-order valence-electron chi connectivity index (χ1n) is 14.9. The normalized spacial score (nSPS) is 26.3. The van der Waals surface area contributed by atoms with E-state index in [1.807, 2.05) is 0 Å². The predicted molar refractivity (Wildman–Crippen MR) is 155 cm³/mol. The highest BCUT2D eigenvalue weighted by molar-refractivity contribution is 5.78. The number of amides is 2. The Kier molecular flexibility index (Phi) is 17.0. The van der Waals surface area contributed by atoms with Gasteiger partial charge in [-0.25, -0.2) is 4.79 Å². The molecule has 0 aromatic heterocycles. The molecule has 2 heterocycles. The molecule has 5 atom stereocenters. The Labute approximate surface area is 265 Å².